The summed E-state index contributed by atoms with van der Waals surface area (Å²) >= 11 is 5.21. The van der Waals surface area contributed by atoms with Gasteiger partial charge in [-0.15, -0.1) is 34.0 Å². The second-order valence-electron chi connectivity index (χ2n) is 7.47. The smallest absolute Gasteiger partial charge is 0.226 e. The number of carbonyl (C=O) groups is 1. The minimum absolute atomic E-state index is 0.00229. The first-order chi connectivity index (χ1) is 14.2. The number of nitriles is 1. The predicted molar refractivity (Wildman–Crippen MR) is 120 cm³/mol. The van der Waals surface area contributed by atoms with Crippen LogP contribution in [0.1, 0.15) is 50.2 Å². The van der Waals surface area contributed by atoms with E-state index in [-0.39, 0.29) is 11.9 Å². The van der Waals surface area contributed by atoms with Gasteiger partial charge in [-0.1, -0.05) is 6.07 Å². The third-order valence-electron chi connectivity index (χ3n) is 5.79. The molecule has 4 heterocycles. The van der Waals surface area contributed by atoms with Crippen LogP contribution in [0.3, 0.4) is 0 Å². The quantitative estimate of drug-likeness (QED) is 0.594. The van der Waals surface area contributed by atoms with E-state index >= 15 is 0 Å². The number of rotatable bonds is 5. The fraction of sp³-hybridized carbons (Fsp3) is 0.364. The Morgan fingerprint density at radius 3 is 2.97 bits per heavy atom. The summed E-state index contributed by atoms with van der Waals surface area (Å²) in [5.74, 6) is 0.00229. The Hall–Kier alpha value is -1.98. The highest BCUT2D eigenvalue weighted by molar-refractivity contribution is 7.16. The summed E-state index contributed by atoms with van der Waals surface area (Å²) in [6.07, 6.45) is 4.60. The van der Waals surface area contributed by atoms with Gasteiger partial charge in [0, 0.05) is 34.1 Å². The second kappa shape index (κ2) is 8.04. The van der Waals surface area contributed by atoms with Crippen molar-refractivity contribution in [2.75, 3.05) is 18.4 Å². The molecule has 0 aromatic carbocycles. The molecular weight excluding hydrogens is 418 g/mol. The van der Waals surface area contributed by atoms with Crippen LogP contribution in [-0.4, -0.2) is 23.9 Å². The summed E-state index contributed by atoms with van der Waals surface area (Å²) in [4.78, 5) is 19.2. The monoisotopic (exact) mass is 439 g/mol. The molecule has 1 amide bonds. The van der Waals surface area contributed by atoms with Gasteiger partial charge in [-0.3, -0.25) is 9.69 Å². The van der Waals surface area contributed by atoms with Crippen LogP contribution in [0.25, 0.3) is 0 Å². The number of thiophene rings is 3. The van der Waals surface area contributed by atoms with Gasteiger partial charge in [-0.25, -0.2) is 0 Å². The molecule has 1 unspecified atom stereocenters. The second-order valence-corrected chi connectivity index (χ2v) is 10.6. The molecule has 1 aliphatic carbocycles. The number of hydrogen-bond donors (Lipinski definition) is 1. The van der Waals surface area contributed by atoms with Crippen molar-refractivity contribution in [2.24, 2.45) is 0 Å². The first kappa shape index (κ1) is 19.0. The van der Waals surface area contributed by atoms with Crippen molar-refractivity contribution < 1.29 is 4.79 Å². The van der Waals surface area contributed by atoms with Crippen molar-refractivity contribution in [3.63, 3.8) is 0 Å². The molecule has 1 atom stereocenters. The molecule has 0 spiro atoms. The minimum atomic E-state index is 0.00229. The van der Waals surface area contributed by atoms with Crippen LogP contribution in [0.5, 0.6) is 0 Å². The summed E-state index contributed by atoms with van der Waals surface area (Å²) < 4.78 is 0. The Bertz CT molecular complexity index is 1070. The molecule has 5 rings (SSSR count). The van der Waals surface area contributed by atoms with Gasteiger partial charge in [0.25, 0.3) is 0 Å². The largest absolute Gasteiger partial charge is 0.317 e. The normalized spacial score (nSPS) is 18.2. The summed E-state index contributed by atoms with van der Waals surface area (Å²) in [5.41, 5.74) is 3.24. The lowest BCUT2D eigenvalue weighted by molar-refractivity contribution is -0.116. The fourth-order valence-corrected chi connectivity index (χ4v) is 7.47. The van der Waals surface area contributed by atoms with Crippen LogP contribution in [0.2, 0.25) is 0 Å². The molecule has 0 saturated carbocycles. The molecule has 4 nitrogen and oxygen atoms in total. The number of carbonyl (C=O) groups excluding carboxylic acids is 1. The van der Waals surface area contributed by atoms with Crippen LogP contribution >= 0.6 is 34.0 Å². The summed E-state index contributed by atoms with van der Waals surface area (Å²) in [6, 6.07) is 9.09. The zero-order valence-corrected chi connectivity index (χ0v) is 18.4. The summed E-state index contributed by atoms with van der Waals surface area (Å²) in [6.45, 7) is 1.69. The Balaban J connectivity index is 1.29. The molecule has 0 saturated heterocycles. The molecule has 0 radical (unpaired) electrons. The molecule has 29 heavy (non-hydrogen) atoms. The number of hydrogen-bond acceptors (Lipinski definition) is 6. The molecule has 3 aromatic heterocycles. The van der Waals surface area contributed by atoms with Crippen LogP contribution in [-0.2, 0) is 24.1 Å². The highest BCUT2D eigenvalue weighted by atomic mass is 32.1. The zero-order chi connectivity index (χ0) is 19.8. The molecule has 0 bridgehead atoms. The van der Waals surface area contributed by atoms with E-state index in [1.807, 2.05) is 11.3 Å². The van der Waals surface area contributed by atoms with Gasteiger partial charge in [0.05, 0.1) is 11.6 Å². The third-order valence-corrected chi connectivity index (χ3v) is 8.92. The molecule has 3 aromatic rings. The molecule has 2 aliphatic rings. The summed E-state index contributed by atoms with van der Waals surface area (Å²) in [5, 5.41) is 17.6. The van der Waals surface area contributed by atoms with Crippen molar-refractivity contribution in [1.29, 1.82) is 5.26 Å². The van der Waals surface area contributed by atoms with Gasteiger partial charge in [-0.2, -0.15) is 5.26 Å². The highest BCUT2D eigenvalue weighted by Crippen LogP contribution is 2.40. The fourth-order valence-electron chi connectivity index (χ4n) is 4.43. The van der Waals surface area contributed by atoms with Crippen LogP contribution in [0.15, 0.2) is 29.0 Å². The number of aryl methyl sites for hydroxylation is 1. The number of anilines is 1. The third kappa shape index (κ3) is 3.55. The first-order valence-electron chi connectivity index (χ1n) is 9.93. The lowest BCUT2D eigenvalue weighted by Crippen LogP contribution is -2.37. The summed E-state index contributed by atoms with van der Waals surface area (Å²) in [7, 11) is 0. The van der Waals surface area contributed by atoms with E-state index in [4.69, 9.17) is 0 Å². The number of nitrogens with one attached hydrogen (secondary N) is 1. The van der Waals surface area contributed by atoms with Crippen LogP contribution in [0, 0.1) is 11.3 Å². The Morgan fingerprint density at radius 2 is 2.14 bits per heavy atom. The lowest BCUT2D eigenvalue weighted by atomic mass is 9.98. The van der Waals surface area contributed by atoms with Crippen molar-refractivity contribution >= 4 is 44.9 Å². The van der Waals surface area contributed by atoms with Crippen molar-refractivity contribution in [2.45, 2.75) is 38.1 Å². The number of nitrogens with zero attached hydrogens (tertiary/aromatic N) is 2. The molecule has 148 valence electrons. The first-order valence-corrected chi connectivity index (χ1v) is 12.5. The van der Waals surface area contributed by atoms with E-state index in [9.17, 15) is 10.1 Å². The maximum Gasteiger partial charge on any atom is 0.226 e. The SMILES string of the molecule is N#Cc1c(NC(=O)CCN2CCc3sccc3C2c2cccs2)sc2c1CCC2. The molecule has 1 aliphatic heterocycles. The van der Waals surface area contributed by atoms with Crippen molar-refractivity contribution in [3.8, 4) is 6.07 Å². The van der Waals surface area contributed by atoms with E-state index in [1.165, 1.54) is 20.2 Å². The van der Waals surface area contributed by atoms with Gasteiger partial charge >= 0.3 is 0 Å². The minimum Gasteiger partial charge on any atom is -0.317 e. The Labute approximate surface area is 182 Å². The van der Waals surface area contributed by atoms with E-state index in [1.54, 1.807) is 22.7 Å². The predicted octanol–water partition coefficient (Wildman–Crippen LogP) is 5.21. The molecule has 1 N–H and O–H groups in total. The van der Waals surface area contributed by atoms with E-state index in [0.717, 1.165) is 49.3 Å². The lowest BCUT2D eigenvalue weighted by Gasteiger charge is -2.35. The van der Waals surface area contributed by atoms with Gasteiger partial charge < -0.3 is 5.32 Å². The Kier molecular flexibility index (Phi) is 5.27. The van der Waals surface area contributed by atoms with Crippen LogP contribution < -0.4 is 5.32 Å². The maximum atomic E-state index is 12.7. The molecule has 7 heteroatoms. The molecule has 0 fully saturated rings. The van der Waals surface area contributed by atoms with Crippen molar-refractivity contribution in [3.05, 3.63) is 60.3 Å². The average Bonchev–Trinajstić information content (AvgIpc) is 3.49. The molecular formula is C22H21N3OS3. The standard InChI is InChI=1S/C22H21N3OS3/c23-13-16-14-3-1-4-18(14)29-22(16)24-20(26)7-10-25-9-6-17-15(8-12-28-17)21(25)19-5-2-11-27-19/h2,5,8,11-12,21H,1,3-4,6-7,9-10H2,(H,24,26). The van der Waals surface area contributed by atoms with E-state index in [0.29, 0.717) is 12.0 Å². The average molecular weight is 440 g/mol. The number of amides is 1. The number of fused-ring (bicyclic) bond motifs is 2. The maximum absolute atomic E-state index is 12.7. The highest BCUT2D eigenvalue weighted by Gasteiger charge is 2.30. The van der Waals surface area contributed by atoms with Gasteiger partial charge in [-0.05, 0) is 59.7 Å². The van der Waals surface area contributed by atoms with Gasteiger partial charge in [0.15, 0.2) is 0 Å². The van der Waals surface area contributed by atoms with Crippen molar-refractivity contribution in [1.82, 2.24) is 4.90 Å². The van der Waals surface area contributed by atoms with Gasteiger partial charge in [0.1, 0.15) is 11.1 Å². The Morgan fingerprint density at radius 1 is 1.21 bits per heavy atom. The van der Waals surface area contributed by atoms with E-state index in [2.05, 4.69) is 45.2 Å². The van der Waals surface area contributed by atoms with Crippen LogP contribution in [0.4, 0.5) is 5.00 Å². The van der Waals surface area contributed by atoms with Gasteiger partial charge in [0.2, 0.25) is 5.91 Å². The van der Waals surface area contributed by atoms with E-state index < -0.39 is 0 Å². The topological polar surface area (TPSA) is 56.1 Å². The zero-order valence-electron chi connectivity index (χ0n) is 15.9.